The Hall–Kier alpha value is -1.26. The van der Waals surface area contributed by atoms with E-state index in [1.807, 2.05) is 29.2 Å². The Labute approximate surface area is 126 Å². The summed E-state index contributed by atoms with van der Waals surface area (Å²) in [5, 5.41) is 3.38. The molecule has 2 rings (SSSR count). The van der Waals surface area contributed by atoms with E-state index in [2.05, 4.69) is 19.2 Å². The predicted octanol–water partition coefficient (Wildman–Crippen LogP) is 1.87. The largest absolute Gasteiger partial charge is 0.497 e. The molecule has 2 unspecified atom stereocenters. The normalized spacial score (nSPS) is 22.1. The van der Waals surface area contributed by atoms with Crippen molar-refractivity contribution in [3.05, 3.63) is 29.8 Å². The lowest BCUT2D eigenvalue weighted by Crippen LogP contribution is -2.56. The first-order chi connectivity index (χ1) is 9.10. The lowest BCUT2D eigenvalue weighted by Gasteiger charge is -2.37. The highest BCUT2D eigenvalue weighted by atomic mass is 35.5. The molecule has 1 aromatic rings. The minimum atomic E-state index is 0. The molecule has 20 heavy (non-hydrogen) atoms. The third kappa shape index (κ3) is 4.12. The Morgan fingerprint density at radius 1 is 1.45 bits per heavy atom. The summed E-state index contributed by atoms with van der Waals surface area (Å²) < 4.78 is 5.19. The van der Waals surface area contributed by atoms with Crippen LogP contribution in [-0.2, 0) is 11.2 Å². The molecule has 112 valence electrons. The van der Waals surface area contributed by atoms with Crippen molar-refractivity contribution in [3.8, 4) is 5.75 Å². The minimum absolute atomic E-state index is 0. The van der Waals surface area contributed by atoms with Crippen LogP contribution in [0.3, 0.4) is 0 Å². The maximum Gasteiger partial charge on any atom is 0.227 e. The van der Waals surface area contributed by atoms with Gasteiger partial charge in [-0.3, -0.25) is 4.79 Å². The molecule has 2 atom stereocenters. The standard InChI is InChI=1S/C15H22N2O2.ClH/c1-11-10-17(12(2)9-16-11)15(18)8-13-5-4-6-14(7-13)19-3;/h4-7,11-12,16H,8-10H2,1-3H3;1H. The molecule has 5 heteroatoms. The van der Waals surface area contributed by atoms with E-state index < -0.39 is 0 Å². The molecule has 0 aromatic heterocycles. The smallest absolute Gasteiger partial charge is 0.227 e. The summed E-state index contributed by atoms with van der Waals surface area (Å²) in [5.41, 5.74) is 1.00. The molecule has 1 heterocycles. The van der Waals surface area contributed by atoms with E-state index in [0.717, 1.165) is 24.4 Å². The van der Waals surface area contributed by atoms with Crippen molar-refractivity contribution in [3.63, 3.8) is 0 Å². The van der Waals surface area contributed by atoms with Crippen molar-refractivity contribution in [1.29, 1.82) is 0 Å². The minimum Gasteiger partial charge on any atom is -0.497 e. The summed E-state index contributed by atoms with van der Waals surface area (Å²) in [6, 6.07) is 8.33. The van der Waals surface area contributed by atoms with Gasteiger partial charge in [-0.25, -0.2) is 0 Å². The van der Waals surface area contributed by atoms with E-state index in [-0.39, 0.29) is 24.4 Å². The Balaban J connectivity index is 0.00000200. The molecular formula is C15H23ClN2O2. The number of hydrogen-bond acceptors (Lipinski definition) is 3. The van der Waals surface area contributed by atoms with Gasteiger partial charge in [-0.2, -0.15) is 0 Å². The van der Waals surface area contributed by atoms with Crippen molar-refractivity contribution in [2.24, 2.45) is 0 Å². The van der Waals surface area contributed by atoms with Gasteiger partial charge in [0.05, 0.1) is 13.5 Å². The van der Waals surface area contributed by atoms with Gasteiger partial charge in [0.2, 0.25) is 5.91 Å². The molecule has 0 bridgehead atoms. The van der Waals surface area contributed by atoms with E-state index in [4.69, 9.17) is 4.74 Å². The zero-order valence-electron chi connectivity index (χ0n) is 12.3. The van der Waals surface area contributed by atoms with Crippen LogP contribution in [0.5, 0.6) is 5.75 Å². The molecule has 4 nitrogen and oxygen atoms in total. The van der Waals surface area contributed by atoms with Crippen LogP contribution in [0, 0.1) is 0 Å². The number of benzene rings is 1. The molecule has 0 radical (unpaired) electrons. The van der Waals surface area contributed by atoms with Crippen molar-refractivity contribution < 1.29 is 9.53 Å². The van der Waals surface area contributed by atoms with Crippen LogP contribution >= 0.6 is 12.4 Å². The lowest BCUT2D eigenvalue weighted by atomic mass is 10.1. The lowest BCUT2D eigenvalue weighted by molar-refractivity contribution is -0.133. The maximum atomic E-state index is 12.4. The molecule has 1 fully saturated rings. The van der Waals surface area contributed by atoms with Gasteiger partial charge in [-0.1, -0.05) is 12.1 Å². The molecule has 1 aliphatic heterocycles. The first-order valence-electron chi connectivity index (χ1n) is 6.76. The Morgan fingerprint density at radius 2 is 2.20 bits per heavy atom. The molecule has 1 aliphatic rings. The summed E-state index contributed by atoms with van der Waals surface area (Å²) in [6.07, 6.45) is 0.439. The highest BCUT2D eigenvalue weighted by Gasteiger charge is 2.26. The van der Waals surface area contributed by atoms with Crippen molar-refractivity contribution in [2.45, 2.75) is 32.4 Å². The van der Waals surface area contributed by atoms with Crippen molar-refractivity contribution >= 4 is 18.3 Å². The number of halogens is 1. The average molecular weight is 299 g/mol. The highest BCUT2D eigenvalue weighted by Crippen LogP contribution is 2.15. The Kier molecular flexibility index (Phi) is 6.30. The van der Waals surface area contributed by atoms with Crippen LogP contribution in [0.4, 0.5) is 0 Å². The number of carbonyl (C=O) groups is 1. The SMILES string of the molecule is COc1cccc(CC(=O)N2CC(C)NCC2C)c1.Cl. The van der Waals surface area contributed by atoms with Gasteiger partial charge >= 0.3 is 0 Å². The molecule has 0 spiro atoms. The topological polar surface area (TPSA) is 41.6 Å². The zero-order chi connectivity index (χ0) is 13.8. The van der Waals surface area contributed by atoms with Crippen LogP contribution in [0.1, 0.15) is 19.4 Å². The number of ether oxygens (including phenoxy) is 1. The summed E-state index contributed by atoms with van der Waals surface area (Å²) in [4.78, 5) is 14.4. The third-order valence-corrected chi connectivity index (χ3v) is 3.57. The highest BCUT2D eigenvalue weighted by molar-refractivity contribution is 5.85. The summed E-state index contributed by atoms with van der Waals surface area (Å²) in [7, 11) is 1.64. The zero-order valence-corrected chi connectivity index (χ0v) is 13.1. The molecule has 0 aliphatic carbocycles. The van der Waals surface area contributed by atoms with Gasteiger partial charge in [-0.15, -0.1) is 12.4 Å². The maximum absolute atomic E-state index is 12.4. The van der Waals surface area contributed by atoms with Gasteiger partial charge in [0, 0.05) is 25.2 Å². The average Bonchev–Trinajstić information content (AvgIpc) is 2.41. The number of carbonyl (C=O) groups excluding carboxylic acids is 1. The number of methoxy groups -OCH3 is 1. The van der Waals surface area contributed by atoms with Crippen LogP contribution in [0.25, 0.3) is 0 Å². The van der Waals surface area contributed by atoms with Crippen LogP contribution in [0.15, 0.2) is 24.3 Å². The summed E-state index contributed by atoms with van der Waals surface area (Å²) in [5.74, 6) is 0.987. The Morgan fingerprint density at radius 3 is 2.90 bits per heavy atom. The first kappa shape index (κ1) is 16.8. The monoisotopic (exact) mass is 298 g/mol. The molecule has 1 saturated heterocycles. The van der Waals surface area contributed by atoms with E-state index >= 15 is 0 Å². The second-order valence-corrected chi connectivity index (χ2v) is 5.23. The van der Waals surface area contributed by atoms with Crippen LogP contribution in [0.2, 0.25) is 0 Å². The second kappa shape index (κ2) is 7.50. The van der Waals surface area contributed by atoms with E-state index in [9.17, 15) is 4.79 Å². The fourth-order valence-corrected chi connectivity index (χ4v) is 2.43. The number of piperazine rings is 1. The summed E-state index contributed by atoms with van der Waals surface area (Å²) >= 11 is 0. The van der Waals surface area contributed by atoms with Crippen LogP contribution < -0.4 is 10.1 Å². The van der Waals surface area contributed by atoms with Crippen molar-refractivity contribution in [1.82, 2.24) is 10.2 Å². The molecular weight excluding hydrogens is 276 g/mol. The van der Waals surface area contributed by atoms with Gasteiger partial charge in [0.15, 0.2) is 0 Å². The number of rotatable bonds is 3. The molecule has 1 aromatic carbocycles. The quantitative estimate of drug-likeness (QED) is 0.926. The molecule has 0 saturated carbocycles. The third-order valence-electron chi connectivity index (χ3n) is 3.57. The van der Waals surface area contributed by atoms with E-state index in [1.165, 1.54) is 0 Å². The number of nitrogens with zero attached hydrogens (tertiary/aromatic N) is 1. The van der Waals surface area contributed by atoms with E-state index in [1.54, 1.807) is 7.11 Å². The summed E-state index contributed by atoms with van der Waals surface area (Å²) in [6.45, 7) is 5.84. The van der Waals surface area contributed by atoms with Gasteiger partial charge in [-0.05, 0) is 31.5 Å². The molecule has 1 N–H and O–H groups in total. The van der Waals surface area contributed by atoms with Gasteiger partial charge < -0.3 is 15.0 Å². The van der Waals surface area contributed by atoms with E-state index in [0.29, 0.717) is 12.5 Å². The number of nitrogens with one attached hydrogen (secondary N) is 1. The predicted molar refractivity (Wildman–Crippen MR) is 82.6 cm³/mol. The van der Waals surface area contributed by atoms with Gasteiger partial charge in [0.1, 0.15) is 5.75 Å². The molecule has 1 amide bonds. The van der Waals surface area contributed by atoms with Crippen molar-refractivity contribution in [2.75, 3.05) is 20.2 Å². The fourth-order valence-electron chi connectivity index (χ4n) is 2.43. The first-order valence-corrected chi connectivity index (χ1v) is 6.76. The second-order valence-electron chi connectivity index (χ2n) is 5.23. The number of hydrogen-bond donors (Lipinski definition) is 1. The van der Waals surface area contributed by atoms with Gasteiger partial charge in [0.25, 0.3) is 0 Å². The number of amides is 1. The fraction of sp³-hybridized carbons (Fsp3) is 0.533. The Bertz CT molecular complexity index is 453. The van der Waals surface area contributed by atoms with Crippen LogP contribution in [-0.4, -0.2) is 43.1 Å².